The van der Waals surface area contributed by atoms with Gasteiger partial charge in [-0.05, 0) is 40.2 Å². The molecule has 6 nitrogen and oxygen atoms in total. The van der Waals surface area contributed by atoms with Gasteiger partial charge in [-0.25, -0.2) is 14.2 Å². The molecular weight excluding hydrogens is 390 g/mol. The van der Waals surface area contributed by atoms with Gasteiger partial charge in [0.2, 0.25) is 0 Å². The summed E-state index contributed by atoms with van der Waals surface area (Å²) >= 11 is 2.25. The first-order valence-corrected chi connectivity index (χ1v) is 9.78. The van der Waals surface area contributed by atoms with Gasteiger partial charge in [0.25, 0.3) is 0 Å². The molecule has 3 rings (SSSR count). The van der Waals surface area contributed by atoms with Crippen LogP contribution in [0, 0.1) is 0 Å². The van der Waals surface area contributed by atoms with E-state index in [1.165, 1.54) is 0 Å². The number of hydrogen-bond acceptors (Lipinski definition) is 3. The predicted molar refractivity (Wildman–Crippen MR) is 86.6 cm³/mol. The van der Waals surface area contributed by atoms with Gasteiger partial charge in [-0.3, -0.25) is 0 Å². The van der Waals surface area contributed by atoms with E-state index in [2.05, 4.69) is 32.1 Å². The Hall–Kier alpha value is -1.47. The Labute approximate surface area is 129 Å². The summed E-state index contributed by atoms with van der Waals surface area (Å²) < 4.78 is 3.43. The summed E-state index contributed by atoms with van der Waals surface area (Å²) in [4.78, 5) is 15.7. The van der Waals surface area contributed by atoms with Crippen molar-refractivity contribution >= 4 is 45.4 Å². The van der Waals surface area contributed by atoms with Gasteiger partial charge in [0.1, 0.15) is 11.3 Å². The highest BCUT2D eigenvalue weighted by atomic mass is 127. The lowest BCUT2D eigenvalue weighted by atomic mass is 10.2. The maximum atomic E-state index is 11.1. The Bertz CT molecular complexity index is 811. The van der Waals surface area contributed by atoms with Gasteiger partial charge in [0.15, 0.2) is 0 Å². The largest absolute Gasteiger partial charge is 0.477 e. The lowest BCUT2D eigenvalue weighted by Gasteiger charge is -2.01. The number of carbonyl (C=O) groups is 1. The molecule has 0 saturated heterocycles. The van der Waals surface area contributed by atoms with E-state index in [1.54, 1.807) is 23.9 Å². The zero-order chi connectivity index (χ0) is 14.3. The smallest absolute Gasteiger partial charge is 0.352 e. The summed E-state index contributed by atoms with van der Waals surface area (Å²) in [6.45, 7) is 0. The van der Waals surface area contributed by atoms with Crippen LogP contribution in [0.25, 0.3) is 22.3 Å². The van der Waals surface area contributed by atoms with E-state index in [9.17, 15) is 4.79 Å². The third-order valence-electron chi connectivity index (χ3n) is 3.06. The zero-order valence-corrected chi connectivity index (χ0v) is 13.6. The second kappa shape index (κ2) is 5.14. The fraction of sp³-hybridized carbons (Fsp3) is 0.0833. The number of aromatic carboxylic acids is 1. The Morgan fingerprint density at radius 2 is 2.25 bits per heavy atom. The molecular formula is C12H10IN4O2P. The van der Waals surface area contributed by atoms with E-state index in [-0.39, 0.29) is 5.69 Å². The summed E-state index contributed by atoms with van der Waals surface area (Å²) in [5.41, 5.74) is 2.60. The number of carboxylic acid groups (broad SMARTS) is 1. The monoisotopic (exact) mass is 400 g/mol. The minimum Gasteiger partial charge on any atom is -0.477 e. The molecule has 0 saturated carbocycles. The summed E-state index contributed by atoms with van der Waals surface area (Å²) in [6, 6.07) is 5.39. The number of aromatic nitrogens is 4. The van der Waals surface area contributed by atoms with E-state index in [1.807, 2.05) is 22.8 Å². The lowest BCUT2D eigenvalue weighted by molar-refractivity contribution is 0.0687. The fourth-order valence-electron chi connectivity index (χ4n) is 2.07. The second-order valence-electron chi connectivity index (χ2n) is 4.26. The van der Waals surface area contributed by atoms with Gasteiger partial charge < -0.3 is 9.67 Å². The summed E-state index contributed by atoms with van der Waals surface area (Å²) in [5, 5.41) is 14.2. The van der Waals surface area contributed by atoms with Crippen molar-refractivity contribution < 1.29 is 9.90 Å². The molecule has 8 heteroatoms. The summed E-state index contributed by atoms with van der Waals surface area (Å²) in [6.07, 6.45) is 4.24. The van der Waals surface area contributed by atoms with Crippen LogP contribution in [0.1, 0.15) is 10.5 Å². The van der Waals surface area contributed by atoms with Crippen molar-refractivity contribution in [3.05, 3.63) is 36.3 Å². The van der Waals surface area contributed by atoms with Crippen LogP contribution < -0.4 is 0 Å². The summed E-state index contributed by atoms with van der Waals surface area (Å²) in [7, 11) is 1.71. The molecule has 0 radical (unpaired) electrons. The molecule has 20 heavy (non-hydrogen) atoms. The Kier molecular flexibility index (Phi) is 3.47. The number of rotatable bonds is 3. The fourth-order valence-corrected chi connectivity index (χ4v) is 3.15. The molecule has 0 bridgehead atoms. The van der Waals surface area contributed by atoms with Crippen molar-refractivity contribution in [2.45, 2.75) is 0 Å². The van der Waals surface area contributed by atoms with Crippen molar-refractivity contribution in [3.63, 3.8) is 0 Å². The standard InChI is InChI=1S/C12H10IN4O2P/c1-16-10(12(18)19)4-7-2-3-9(15-11(7)16)8-5-14-17(6-8)20-13/h2-6,20H,1H3,(H,18,19). The Morgan fingerprint density at radius 3 is 2.90 bits per heavy atom. The first kappa shape index (κ1) is 13.5. The molecule has 102 valence electrons. The molecule has 3 aromatic heterocycles. The maximum Gasteiger partial charge on any atom is 0.352 e. The number of carboxylic acids is 1. The highest BCUT2D eigenvalue weighted by Crippen LogP contribution is 2.27. The molecule has 0 aliphatic carbocycles. The number of fused-ring (bicyclic) bond motifs is 1. The average molecular weight is 400 g/mol. The molecule has 0 aromatic carbocycles. The molecule has 1 atom stereocenters. The van der Waals surface area contributed by atoms with Gasteiger partial charge in [0, 0.05) is 24.2 Å². The number of hydrogen-bond donors (Lipinski definition) is 1. The van der Waals surface area contributed by atoms with E-state index in [0.717, 1.165) is 16.6 Å². The van der Waals surface area contributed by atoms with Crippen LogP contribution in [0.5, 0.6) is 0 Å². The topological polar surface area (TPSA) is 72.9 Å². The Balaban J connectivity index is 2.14. The van der Waals surface area contributed by atoms with Crippen LogP contribution in [-0.2, 0) is 7.05 Å². The van der Waals surface area contributed by atoms with Gasteiger partial charge in [-0.15, -0.1) is 0 Å². The van der Waals surface area contributed by atoms with Crippen LogP contribution in [0.4, 0.5) is 0 Å². The molecule has 0 spiro atoms. The maximum absolute atomic E-state index is 11.1. The second-order valence-corrected chi connectivity index (χ2v) is 6.34. The van der Waals surface area contributed by atoms with Crippen LogP contribution in [-0.4, -0.2) is 30.2 Å². The number of aryl methyl sites for hydroxylation is 1. The van der Waals surface area contributed by atoms with Crippen LogP contribution in [0.3, 0.4) is 0 Å². The molecule has 3 aromatic rings. The quantitative estimate of drug-likeness (QED) is 0.542. The van der Waals surface area contributed by atoms with E-state index in [4.69, 9.17) is 5.11 Å². The third kappa shape index (κ3) is 2.20. The highest BCUT2D eigenvalue weighted by Gasteiger charge is 2.14. The predicted octanol–water partition coefficient (Wildman–Crippen LogP) is 2.93. The van der Waals surface area contributed by atoms with Gasteiger partial charge in [-0.2, -0.15) is 5.10 Å². The molecule has 0 aliphatic heterocycles. The summed E-state index contributed by atoms with van der Waals surface area (Å²) in [5.74, 6) is -0.953. The highest BCUT2D eigenvalue weighted by molar-refractivity contribution is 14.2. The van der Waals surface area contributed by atoms with Crippen molar-refractivity contribution in [2.24, 2.45) is 7.05 Å². The minimum atomic E-state index is -0.953. The minimum absolute atomic E-state index is 0.231. The number of nitrogens with zero attached hydrogens (tertiary/aromatic N) is 4. The van der Waals surface area contributed by atoms with Crippen LogP contribution in [0.15, 0.2) is 30.6 Å². The molecule has 1 unspecified atom stereocenters. The molecule has 0 fully saturated rings. The van der Waals surface area contributed by atoms with Crippen LogP contribution in [0.2, 0.25) is 0 Å². The van der Waals surface area contributed by atoms with Crippen molar-refractivity contribution in [1.82, 2.24) is 19.1 Å². The third-order valence-corrected chi connectivity index (χ3v) is 4.96. The van der Waals surface area contributed by atoms with E-state index >= 15 is 0 Å². The molecule has 0 amide bonds. The molecule has 1 N–H and O–H groups in total. The van der Waals surface area contributed by atoms with Crippen LogP contribution >= 0.6 is 28.4 Å². The number of pyridine rings is 1. The average Bonchev–Trinajstić information content (AvgIpc) is 3.03. The van der Waals surface area contributed by atoms with Gasteiger partial charge in [0.05, 0.1) is 18.3 Å². The molecule has 3 heterocycles. The first-order chi connectivity index (χ1) is 9.60. The van der Waals surface area contributed by atoms with Crippen molar-refractivity contribution in [2.75, 3.05) is 0 Å². The number of halogens is 1. The molecule has 0 aliphatic rings. The van der Waals surface area contributed by atoms with E-state index < -0.39 is 5.97 Å². The normalized spacial score (nSPS) is 11.7. The van der Waals surface area contributed by atoms with Crippen molar-refractivity contribution in [1.29, 1.82) is 0 Å². The van der Waals surface area contributed by atoms with Gasteiger partial charge in [-0.1, -0.05) is 0 Å². The first-order valence-electron chi connectivity index (χ1n) is 5.71. The SMILES string of the molecule is Cn1c(C(=O)O)cc2ccc(-c3cnn(PI)c3)nc21. The van der Waals surface area contributed by atoms with Crippen molar-refractivity contribution in [3.8, 4) is 11.3 Å². The Morgan fingerprint density at radius 1 is 1.45 bits per heavy atom. The lowest BCUT2D eigenvalue weighted by Crippen LogP contribution is -2.04. The van der Waals surface area contributed by atoms with Gasteiger partial charge >= 0.3 is 5.97 Å². The zero-order valence-electron chi connectivity index (χ0n) is 10.4. The van der Waals surface area contributed by atoms with E-state index in [0.29, 0.717) is 12.0 Å².